The summed E-state index contributed by atoms with van der Waals surface area (Å²) >= 11 is 6.28. The summed E-state index contributed by atoms with van der Waals surface area (Å²) in [4.78, 5) is 11.6. The van der Waals surface area contributed by atoms with Crippen molar-refractivity contribution >= 4 is 17.6 Å². The molecule has 2 rings (SSSR count). The largest absolute Gasteiger partial charge is 0.488 e. The number of esters is 1. The maximum Gasteiger partial charge on any atom is 0.310 e. The topological polar surface area (TPSA) is 35.5 Å². The summed E-state index contributed by atoms with van der Waals surface area (Å²) < 4.78 is 11.4. The minimum atomic E-state index is -0.293. The Morgan fingerprint density at radius 3 is 2.46 bits per heavy atom. The molecule has 4 heteroatoms. The van der Waals surface area contributed by atoms with Crippen molar-refractivity contribution < 1.29 is 14.3 Å². The smallest absolute Gasteiger partial charge is 0.310 e. The van der Waals surface area contributed by atoms with Gasteiger partial charge in [0.2, 0.25) is 0 Å². The molecule has 0 fully saturated rings. The van der Waals surface area contributed by atoms with Gasteiger partial charge in [0.25, 0.3) is 0 Å². The Hall–Kier alpha value is -2.00. The fraction of sp³-hybridized carbons (Fsp3) is 0.350. The van der Waals surface area contributed by atoms with Crippen LogP contribution in [-0.4, -0.2) is 5.97 Å². The Kier molecular flexibility index (Phi) is 6.27. The van der Waals surface area contributed by atoms with Crippen LogP contribution in [0, 0.1) is 13.8 Å². The van der Waals surface area contributed by atoms with Crippen molar-refractivity contribution in [3.8, 4) is 11.5 Å². The standard InChI is InChI=1S/C20H23ClO3/c1-5-15-10-13(3)14(4)11-19(15)23-12-16-17(21)8-7-9-18(16)24-20(22)6-2/h7-11H,5-6,12H2,1-4H3. The molecule has 0 heterocycles. The van der Waals surface area contributed by atoms with E-state index in [1.807, 2.05) is 6.07 Å². The van der Waals surface area contributed by atoms with E-state index in [0.717, 1.165) is 17.7 Å². The lowest BCUT2D eigenvalue weighted by Crippen LogP contribution is -2.09. The van der Waals surface area contributed by atoms with Crippen LogP contribution >= 0.6 is 11.6 Å². The fourth-order valence-electron chi connectivity index (χ4n) is 2.38. The number of halogens is 1. The van der Waals surface area contributed by atoms with Crippen molar-refractivity contribution in [2.45, 2.75) is 47.1 Å². The van der Waals surface area contributed by atoms with Crippen molar-refractivity contribution in [1.82, 2.24) is 0 Å². The summed E-state index contributed by atoms with van der Waals surface area (Å²) in [6.45, 7) is 8.26. The number of ether oxygens (including phenoxy) is 2. The molecule has 128 valence electrons. The van der Waals surface area contributed by atoms with E-state index in [4.69, 9.17) is 21.1 Å². The molecule has 3 nitrogen and oxygen atoms in total. The van der Waals surface area contributed by atoms with Crippen LogP contribution in [0.4, 0.5) is 0 Å². The molecular weight excluding hydrogens is 324 g/mol. The first-order chi connectivity index (χ1) is 11.5. The van der Waals surface area contributed by atoms with E-state index in [2.05, 4.69) is 26.8 Å². The summed E-state index contributed by atoms with van der Waals surface area (Å²) in [5.74, 6) is 1.00. The van der Waals surface area contributed by atoms with Gasteiger partial charge in [0.15, 0.2) is 0 Å². The average molecular weight is 347 g/mol. The van der Waals surface area contributed by atoms with E-state index in [1.54, 1.807) is 25.1 Å². The average Bonchev–Trinajstić information content (AvgIpc) is 2.56. The van der Waals surface area contributed by atoms with Gasteiger partial charge in [-0.1, -0.05) is 37.6 Å². The van der Waals surface area contributed by atoms with Gasteiger partial charge >= 0.3 is 5.97 Å². The molecular formula is C20H23ClO3. The minimum Gasteiger partial charge on any atom is -0.488 e. The van der Waals surface area contributed by atoms with Gasteiger partial charge in [-0.2, -0.15) is 0 Å². The van der Waals surface area contributed by atoms with Gasteiger partial charge in [0, 0.05) is 6.42 Å². The van der Waals surface area contributed by atoms with Crippen LogP contribution in [0.25, 0.3) is 0 Å². The van der Waals surface area contributed by atoms with Gasteiger partial charge in [-0.25, -0.2) is 0 Å². The predicted octanol–water partition coefficient (Wildman–Crippen LogP) is 5.41. The van der Waals surface area contributed by atoms with Crippen LogP contribution in [0.5, 0.6) is 11.5 Å². The number of aryl methyl sites for hydroxylation is 3. The van der Waals surface area contributed by atoms with Gasteiger partial charge in [0.1, 0.15) is 18.1 Å². The van der Waals surface area contributed by atoms with E-state index in [1.165, 1.54) is 11.1 Å². The third kappa shape index (κ3) is 4.30. The Morgan fingerprint density at radius 2 is 1.79 bits per heavy atom. The van der Waals surface area contributed by atoms with Crippen LogP contribution in [0.2, 0.25) is 5.02 Å². The van der Waals surface area contributed by atoms with E-state index in [9.17, 15) is 4.79 Å². The van der Waals surface area contributed by atoms with Crippen molar-refractivity contribution in [1.29, 1.82) is 0 Å². The summed E-state index contributed by atoms with van der Waals surface area (Å²) in [5.41, 5.74) is 4.26. The number of benzene rings is 2. The highest BCUT2D eigenvalue weighted by atomic mass is 35.5. The van der Waals surface area contributed by atoms with Crippen molar-refractivity contribution in [3.63, 3.8) is 0 Å². The van der Waals surface area contributed by atoms with Crippen LogP contribution in [0.3, 0.4) is 0 Å². The molecule has 0 atom stereocenters. The van der Waals surface area contributed by atoms with Gasteiger partial charge in [-0.3, -0.25) is 4.79 Å². The quantitative estimate of drug-likeness (QED) is 0.518. The number of rotatable bonds is 6. The van der Waals surface area contributed by atoms with Crippen molar-refractivity contribution in [3.05, 3.63) is 57.6 Å². The number of carbonyl (C=O) groups is 1. The minimum absolute atomic E-state index is 0.251. The monoisotopic (exact) mass is 346 g/mol. The molecule has 0 aliphatic heterocycles. The fourth-order valence-corrected chi connectivity index (χ4v) is 2.60. The molecule has 0 N–H and O–H groups in total. The first-order valence-corrected chi connectivity index (χ1v) is 8.55. The maximum atomic E-state index is 11.6. The zero-order valence-electron chi connectivity index (χ0n) is 14.6. The molecule has 0 aliphatic carbocycles. The molecule has 0 spiro atoms. The Bertz CT molecular complexity index is 738. The third-order valence-corrected chi connectivity index (χ3v) is 4.37. The van der Waals surface area contributed by atoms with Crippen molar-refractivity contribution in [2.24, 2.45) is 0 Å². The molecule has 0 aromatic heterocycles. The second-order valence-electron chi connectivity index (χ2n) is 5.73. The highest BCUT2D eigenvalue weighted by molar-refractivity contribution is 6.31. The summed E-state index contributed by atoms with van der Waals surface area (Å²) in [6.07, 6.45) is 1.20. The molecule has 0 saturated heterocycles. The highest BCUT2D eigenvalue weighted by Gasteiger charge is 2.13. The summed E-state index contributed by atoms with van der Waals surface area (Å²) in [6, 6.07) is 9.46. The second kappa shape index (κ2) is 8.20. The normalized spacial score (nSPS) is 10.5. The molecule has 0 amide bonds. The predicted molar refractivity (Wildman–Crippen MR) is 97.0 cm³/mol. The SMILES string of the molecule is CCC(=O)Oc1cccc(Cl)c1COc1cc(C)c(C)cc1CC. The molecule has 0 saturated carbocycles. The third-order valence-electron chi connectivity index (χ3n) is 4.02. The molecule has 0 aliphatic rings. The number of carbonyl (C=O) groups excluding carboxylic acids is 1. The van der Waals surface area contributed by atoms with Gasteiger partial charge < -0.3 is 9.47 Å². The van der Waals surface area contributed by atoms with Gasteiger partial charge in [0.05, 0.1) is 10.6 Å². The molecule has 2 aromatic carbocycles. The van der Waals surface area contributed by atoms with Crippen molar-refractivity contribution in [2.75, 3.05) is 0 Å². The first kappa shape index (κ1) is 18.3. The molecule has 0 unspecified atom stereocenters. The Balaban J connectivity index is 2.26. The van der Waals surface area contributed by atoms with Crippen LogP contribution < -0.4 is 9.47 Å². The van der Waals surface area contributed by atoms with Crippen LogP contribution in [-0.2, 0) is 17.8 Å². The van der Waals surface area contributed by atoms with E-state index in [0.29, 0.717) is 22.8 Å². The second-order valence-corrected chi connectivity index (χ2v) is 6.14. The lowest BCUT2D eigenvalue weighted by molar-refractivity contribution is -0.134. The summed E-state index contributed by atoms with van der Waals surface area (Å²) in [5, 5.41) is 0.526. The zero-order chi connectivity index (χ0) is 17.7. The Labute approximate surface area is 148 Å². The van der Waals surface area contributed by atoms with Crippen LogP contribution in [0.15, 0.2) is 30.3 Å². The molecule has 2 aromatic rings. The van der Waals surface area contributed by atoms with Gasteiger partial charge in [-0.15, -0.1) is 0 Å². The number of hydrogen-bond acceptors (Lipinski definition) is 3. The Morgan fingerprint density at radius 1 is 1.08 bits per heavy atom. The van der Waals surface area contributed by atoms with E-state index >= 15 is 0 Å². The molecule has 24 heavy (non-hydrogen) atoms. The number of hydrogen-bond donors (Lipinski definition) is 0. The van der Waals surface area contributed by atoms with E-state index in [-0.39, 0.29) is 12.6 Å². The first-order valence-electron chi connectivity index (χ1n) is 8.17. The lowest BCUT2D eigenvalue weighted by atomic mass is 10.0. The maximum absolute atomic E-state index is 11.6. The van der Waals surface area contributed by atoms with Crippen LogP contribution in [0.1, 0.15) is 42.5 Å². The molecule has 0 bridgehead atoms. The van der Waals surface area contributed by atoms with E-state index < -0.39 is 0 Å². The highest BCUT2D eigenvalue weighted by Crippen LogP contribution is 2.30. The zero-order valence-corrected chi connectivity index (χ0v) is 15.4. The lowest BCUT2D eigenvalue weighted by Gasteiger charge is -2.16. The molecule has 0 radical (unpaired) electrons. The van der Waals surface area contributed by atoms with Gasteiger partial charge in [-0.05, 0) is 55.2 Å². The summed E-state index contributed by atoms with van der Waals surface area (Å²) in [7, 11) is 0.